The fourth-order valence-corrected chi connectivity index (χ4v) is 1.86. The second-order valence-electron chi connectivity index (χ2n) is 4.54. The summed E-state index contributed by atoms with van der Waals surface area (Å²) < 4.78 is 29.1. The molecule has 0 aromatic heterocycles. The van der Waals surface area contributed by atoms with Crippen molar-refractivity contribution in [2.24, 2.45) is 0 Å². The second-order valence-corrected chi connectivity index (χ2v) is 4.54. The number of rotatable bonds is 8. The molecule has 0 fully saturated rings. The predicted molar refractivity (Wildman–Crippen MR) is 70.9 cm³/mol. The third-order valence-corrected chi connectivity index (χ3v) is 3.11. The minimum Gasteiger partial charge on any atom is -0.480 e. The van der Waals surface area contributed by atoms with Crippen molar-refractivity contribution < 1.29 is 23.4 Å². The van der Waals surface area contributed by atoms with Crippen LogP contribution in [0.4, 0.5) is 8.78 Å². The number of nitrogens with zero attached hydrogens (tertiary/aromatic N) is 1. The number of para-hydroxylation sites is 1. The van der Waals surface area contributed by atoms with Gasteiger partial charge in [-0.05, 0) is 19.4 Å². The highest BCUT2D eigenvalue weighted by Crippen LogP contribution is 2.23. The molecule has 1 aromatic rings. The number of ether oxygens (including phenoxy) is 1. The Morgan fingerprint density at radius 1 is 1.40 bits per heavy atom. The summed E-state index contributed by atoms with van der Waals surface area (Å²) in [5.74, 6) is -0.862. The SMILES string of the molecule is CCC(C)N(CC(=O)O)Cc1ccccc1OC(F)F. The summed E-state index contributed by atoms with van der Waals surface area (Å²) in [7, 11) is 0. The van der Waals surface area contributed by atoms with Crippen LogP contribution in [0.15, 0.2) is 24.3 Å². The van der Waals surface area contributed by atoms with Crippen LogP contribution in [0.25, 0.3) is 0 Å². The van der Waals surface area contributed by atoms with E-state index in [2.05, 4.69) is 4.74 Å². The van der Waals surface area contributed by atoms with Crippen LogP contribution in [0, 0.1) is 0 Å². The summed E-state index contributed by atoms with van der Waals surface area (Å²) in [4.78, 5) is 12.6. The maximum absolute atomic E-state index is 12.3. The van der Waals surface area contributed by atoms with Crippen LogP contribution in [-0.2, 0) is 11.3 Å². The van der Waals surface area contributed by atoms with Crippen LogP contribution in [0.1, 0.15) is 25.8 Å². The number of hydrogen-bond donors (Lipinski definition) is 1. The summed E-state index contributed by atoms with van der Waals surface area (Å²) in [5, 5.41) is 8.93. The van der Waals surface area contributed by atoms with Crippen LogP contribution < -0.4 is 4.74 Å². The molecule has 0 spiro atoms. The molecule has 0 heterocycles. The van der Waals surface area contributed by atoms with Crippen molar-refractivity contribution in [1.29, 1.82) is 0 Å². The van der Waals surface area contributed by atoms with Crippen molar-refractivity contribution >= 4 is 5.97 Å². The Kier molecular flexibility index (Phi) is 6.38. The Morgan fingerprint density at radius 3 is 2.60 bits per heavy atom. The quantitative estimate of drug-likeness (QED) is 0.798. The van der Waals surface area contributed by atoms with Crippen LogP contribution in [0.5, 0.6) is 5.75 Å². The first-order chi connectivity index (χ1) is 9.43. The third kappa shape index (κ3) is 5.13. The first-order valence-electron chi connectivity index (χ1n) is 6.42. The molecule has 0 aliphatic heterocycles. The number of benzene rings is 1. The molecule has 0 bridgehead atoms. The predicted octanol–water partition coefficient (Wildman–Crippen LogP) is 2.97. The molecule has 0 aliphatic rings. The molecule has 1 rings (SSSR count). The second kappa shape index (κ2) is 7.79. The molecule has 1 atom stereocenters. The Morgan fingerprint density at radius 2 is 2.05 bits per heavy atom. The number of halogens is 2. The zero-order valence-electron chi connectivity index (χ0n) is 11.6. The minimum absolute atomic E-state index is 0.0331. The van der Waals surface area contributed by atoms with E-state index in [1.165, 1.54) is 6.07 Å². The summed E-state index contributed by atoms with van der Waals surface area (Å²) in [6, 6.07) is 6.46. The van der Waals surface area contributed by atoms with Gasteiger partial charge in [0.2, 0.25) is 0 Å². The molecular formula is C14H19F2NO3. The van der Waals surface area contributed by atoms with E-state index in [1.807, 2.05) is 13.8 Å². The van der Waals surface area contributed by atoms with Gasteiger partial charge in [-0.15, -0.1) is 0 Å². The van der Waals surface area contributed by atoms with Crippen molar-refractivity contribution in [3.05, 3.63) is 29.8 Å². The average Bonchev–Trinajstić information content (AvgIpc) is 2.38. The van der Waals surface area contributed by atoms with E-state index < -0.39 is 12.6 Å². The van der Waals surface area contributed by atoms with Crippen LogP contribution in [0.3, 0.4) is 0 Å². The van der Waals surface area contributed by atoms with E-state index >= 15 is 0 Å². The standard InChI is InChI=1S/C14H19F2NO3/c1-3-10(2)17(9-13(18)19)8-11-6-4-5-7-12(11)20-14(15)16/h4-7,10,14H,3,8-9H2,1-2H3,(H,18,19). The Hall–Kier alpha value is -1.69. The van der Waals surface area contributed by atoms with Gasteiger partial charge in [0.05, 0.1) is 6.54 Å². The topological polar surface area (TPSA) is 49.8 Å². The van der Waals surface area contributed by atoms with Gasteiger partial charge < -0.3 is 9.84 Å². The van der Waals surface area contributed by atoms with Crippen molar-refractivity contribution in [3.8, 4) is 5.75 Å². The van der Waals surface area contributed by atoms with E-state index in [4.69, 9.17) is 5.11 Å². The molecule has 0 radical (unpaired) electrons. The molecule has 0 amide bonds. The minimum atomic E-state index is -2.90. The first-order valence-corrected chi connectivity index (χ1v) is 6.42. The number of alkyl halides is 2. The zero-order valence-corrected chi connectivity index (χ0v) is 11.6. The van der Waals surface area contributed by atoms with Crippen LogP contribution in [0.2, 0.25) is 0 Å². The highest BCUT2D eigenvalue weighted by molar-refractivity contribution is 5.69. The molecule has 6 heteroatoms. The normalized spacial score (nSPS) is 12.7. The van der Waals surface area contributed by atoms with Gasteiger partial charge in [0.15, 0.2) is 0 Å². The number of aliphatic carboxylic acids is 1. The van der Waals surface area contributed by atoms with Gasteiger partial charge in [0.1, 0.15) is 5.75 Å². The lowest BCUT2D eigenvalue weighted by Gasteiger charge is -2.27. The number of hydrogen-bond acceptors (Lipinski definition) is 3. The molecule has 112 valence electrons. The average molecular weight is 287 g/mol. The lowest BCUT2D eigenvalue weighted by molar-refractivity contribution is -0.139. The van der Waals surface area contributed by atoms with Crippen molar-refractivity contribution in [3.63, 3.8) is 0 Å². The lowest BCUT2D eigenvalue weighted by Crippen LogP contribution is -2.36. The van der Waals surface area contributed by atoms with Crippen LogP contribution >= 0.6 is 0 Å². The van der Waals surface area contributed by atoms with E-state index in [0.29, 0.717) is 5.56 Å². The zero-order chi connectivity index (χ0) is 15.1. The van der Waals surface area contributed by atoms with Crippen LogP contribution in [-0.4, -0.2) is 35.2 Å². The van der Waals surface area contributed by atoms with E-state index in [0.717, 1.165) is 6.42 Å². The molecular weight excluding hydrogens is 268 g/mol. The Balaban J connectivity index is 2.89. The molecule has 20 heavy (non-hydrogen) atoms. The molecule has 1 unspecified atom stereocenters. The summed E-state index contributed by atoms with van der Waals surface area (Å²) in [5.41, 5.74) is 0.550. The van der Waals surface area contributed by atoms with Gasteiger partial charge in [0.25, 0.3) is 0 Å². The molecule has 0 saturated heterocycles. The number of carbonyl (C=O) groups is 1. The maximum Gasteiger partial charge on any atom is 0.387 e. The summed E-state index contributed by atoms with van der Waals surface area (Å²) in [6.07, 6.45) is 0.769. The van der Waals surface area contributed by atoms with Gasteiger partial charge in [-0.2, -0.15) is 8.78 Å². The number of carboxylic acids is 1. The Bertz CT molecular complexity index is 440. The maximum atomic E-state index is 12.3. The smallest absolute Gasteiger partial charge is 0.387 e. The first kappa shape index (κ1) is 16.4. The largest absolute Gasteiger partial charge is 0.480 e. The fourth-order valence-electron chi connectivity index (χ4n) is 1.86. The van der Waals surface area contributed by atoms with Gasteiger partial charge in [-0.25, -0.2) is 0 Å². The molecule has 0 aliphatic carbocycles. The van der Waals surface area contributed by atoms with Gasteiger partial charge in [-0.1, -0.05) is 25.1 Å². The molecule has 4 nitrogen and oxygen atoms in total. The monoisotopic (exact) mass is 287 g/mol. The van der Waals surface area contributed by atoms with Gasteiger partial charge in [-0.3, -0.25) is 9.69 Å². The highest BCUT2D eigenvalue weighted by atomic mass is 19.3. The van der Waals surface area contributed by atoms with E-state index in [-0.39, 0.29) is 24.9 Å². The van der Waals surface area contributed by atoms with Crippen molar-refractivity contribution in [1.82, 2.24) is 4.90 Å². The summed E-state index contributed by atoms with van der Waals surface area (Å²) >= 11 is 0. The molecule has 0 saturated carbocycles. The van der Waals surface area contributed by atoms with Crippen molar-refractivity contribution in [2.75, 3.05) is 6.54 Å². The highest BCUT2D eigenvalue weighted by Gasteiger charge is 2.18. The van der Waals surface area contributed by atoms with Gasteiger partial charge >= 0.3 is 12.6 Å². The number of carboxylic acid groups (broad SMARTS) is 1. The Labute approximate surface area is 117 Å². The fraction of sp³-hybridized carbons (Fsp3) is 0.500. The van der Waals surface area contributed by atoms with E-state index in [9.17, 15) is 13.6 Å². The molecule has 1 aromatic carbocycles. The molecule has 1 N–H and O–H groups in total. The lowest BCUT2D eigenvalue weighted by atomic mass is 10.1. The van der Waals surface area contributed by atoms with Gasteiger partial charge in [0, 0.05) is 18.2 Å². The van der Waals surface area contributed by atoms with Crippen molar-refractivity contribution in [2.45, 2.75) is 39.5 Å². The third-order valence-electron chi connectivity index (χ3n) is 3.11. The van der Waals surface area contributed by atoms with E-state index in [1.54, 1.807) is 23.1 Å². The summed E-state index contributed by atoms with van der Waals surface area (Å²) in [6.45, 7) is 1.07.